The first kappa shape index (κ1) is 9.44. The van der Waals surface area contributed by atoms with Crippen LogP contribution in [0.25, 0.3) is 0 Å². The van der Waals surface area contributed by atoms with Crippen LogP contribution in [0.15, 0.2) is 0 Å². The van der Waals surface area contributed by atoms with E-state index >= 15 is 0 Å². The van der Waals surface area contributed by atoms with Gasteiger partial charge in [-0.2, -0.15) is 0 Å². The van der Waals surface area contributed by atoms with Crippen LogP contribution in [0.4, 0.5) is 0 Å². The van der Waals surface area contributed by atoms with Crippen LogP contribution in [0.1, 0.15) is 27.2 Å². The average Bonchev–Trinajstić information content (AvgIpc) is 1.63. The first-order chi connectivity index (χ1) is 4.04. The lowest BCUT2D eigenvalue weighted by Crippen LogP contribution is -2.08. The van der Waals surface area contributed by atoms with E-state index in [2.05, 4.69) is 13.8 Å². The monoisotopic (exact) mass is 168 g/mol. The molecule has 0 saturated carbocycles. The van der Waals surface area contributed by atoms with Crippen molar-refractivity contribution in [3.8, 4) is 0 Å². The fourth-order valence-corrected chi connectivity index (χ4v) is 1.49. The minimum Gasteiger partial charge on any atom is -0.242 e. The van der Waals surface area contributed by atoms with Crippen LogP contribution in [0.5, 0.6) is 0 Å². The molecule has 1 nitrogen and oxygen atoms in total. The second-order valence-corrected chi connectivity index (χ2v) is 4.90. The Balaban J connectivity index is 3.50. The summed E-state index contributed by atoms with van der Waals surface area (Å²) < 4.78 is 10.6. The molecule has 0 aromatic heterocycles. The molecule has 9 heavy (non-hydrogen) atoms. The van der Waals surface area contributed by atoms with E-state index in [-0.39, 0.29) is 5.25 Å². The average molecular weight is 169 g/mol. The van der Waals surface area contributed by atoms with Crippen molar-refractivity contribution in [2.45, 2.75) is 32.4 Å². The SMILES string of the molecule is CC(C)CC(C)S(=O)Cl. The van der Waals surface area contributed by atoms with Gasteiger partial charge in [-0.3, -0.25) is 0 Å². The topological polar surface area (TPSA) is 17.1 Å². The summed E-state index contributed by atoms with van der Waals surface area (Å²) in [6, 6.07) is 0. The Morgan fingerprint density at radius 2 is 1.89 bits per heavy atom. The summed E-state index contributed by atoms with van der Waals surface area (Å²) in [6.45, 7) is 6.10. The molecular formula is C6H13ClOS. The van der Waals surface area contributed by atoms with Crippen LogP contribution < -0.4 is 0 Å². The lowest BCUT2D eigenvalue weighted by Gasteiger charge is -2.07. The van der Waals surface area contributed by atoms with Crippen molar-refractivity contribution in [2.75, 3.05) is 0 Å². The first-order valence-electron chi connectivity index (χ1n) is 3.11. The summed E-state index contributed by atoms with van der Waals surface area (Å²) >= 11 is 0. The number of hydrogen-bond donors (Lipinski definition) is 0. The molecule has 0 spiro atoms. The molecule has 0 N–H and O–H groups in total. The van der Waals surface area contributed by atoms with Gasteiger partial charge in [-0.25, -0.2) is 4.21 Å². The zero-order valence-corrected chi connectivity index (χ0v) is 7.63. The van der Waals surface area contributed by atoms with E-state index < -0.39 is 10.0 Å². The van der Waals surface area contributed by atoms with Crippen LogP contribution >= 0.6 is 10.7 Å². The number of rotatable bonds is 3. The van der Waals surface area contributed by atoms with Crippen LogP contribution in [-0.2, 0) is 10.0 Å². The normalized spacial score (nSPS) is 17.9. The van der Waals surface area contributed by atoms with E-state index in [1.807, 2.05) is 6.92 Å². The predicted octanol–water partition coefficient (Wildman–Crippen LogP) is 2.32. The van der Waals surface area contributed by atoms with Gasteiger partial charge in [-0.1, -0.05) is 13.8 Å². The van der Waals surface area contributed by atoms with Crippen molar-refractivity contribution >= 4 is 20.7 Å². The maximum atomic E-state index is 10.6. The van der Waals surface area contributed by atoms with E-state index in [0.29, 0.717) is 5.92 Å². The molecule has 0 rings (SSSR count). The van der Waals surface area contributed by atoms with E-state index in [0.717, 1.165) is 6.42 Å². The second kappa shape index (κ2) is 4.29. The van der Waals surface area contributed by atoms with E-state index in [9.17, 15) is 4.21 Å². The molecule has 0 radical (unpaired) electrons. The Labute approximate surface area is 63.7 Å². The maximum absolute atomic E-state index is 10.6. The molecule has 0 aromatic rings. The molecule has 0 heterocycles. The molecule has 0 fully saturated rings. The van der Waals surface area contributed by atoms with Gasteiger partial charge in [0.05, 0.1) is 0 Å². The molecule has 0 saturated heterocycles. The van der Waals surface area contributed by atoms with Gasteiger partial charge in [0.25, 0.3) is 0 Å². The van der Waals surface area contributed by atoms with Crippen molar-refractivity contribution in [3.63, 3.8) is 0 Å². The Morgan fingerprint density at radius 1 is 1.44 bits per heavy atom. The predicted molar refractivity (Wildman–Crippen MR) is 42.9 cm³/mol. The highest BCUT2D eigenvalue weighted by Gasteiger charge is 2.09. The molecular weight excluding hydrogens is 156 g/mol. The molecule has 0 amide bonds. The molecule has 2 atom stereocenters. The van der Waals surface area contributed by atoms with Gasteiger partial charge in [0.2, 0.25) is 0 Å². The number of halogens is 1. The van der Waals surface area contributed by atoms with E-state index in [1.54, 1.807) is 0 Å². The molecule has 56 valence electrons. The minimum atomic E-state index is -1.16. The lowest BCUT2D eigenvalue weighted by atomic mass is 10.1. The summed E-state index contributed by atoms with van der Waals surface area (Å²) in [5, 5.41) is 0.131. The van der Waals surface area contributed by atoms with E-state index in [1.165, 1.54) is 0 Å². The zero-order chi connectivity index (χ0) is 7.44. The zero-order valence-electron chi connectivity index (χ0n) is 6.06. The summed E-state index contributed by atoms with van der Waals surface area (Å²) in [5.41, 5.74) is 0. The van der Waals surface area contributed by atoms with Gasteiger partial charge in [0.1, 0.15) is 10.0 Å². The smallest absolute Gasteiger partial charge is 0.117 e. The van der Waals surface area contributed by atoms with Crippen LogP contribution in [-0.4, -0.2) is 9.46 Å². The van der Waals surface area contributed by atoms with Crippen LogP contribution in [0.2, 0.25) is 0 Å². The van der Waals surface area contributed by atoms with Crippen LogP contribution in [0, 0.1) is 5.92 Å². The molecule has 0 aromatic carbocycles. The third-order valence-corrected chi connectivity index (χ3v) is 2.86. The molecule has 3 heteroatoms. The maximum Gasteiger partial charge on any atom is 0.117 e. The van der Waals surface area contributed by atoms with Crippen LogP contribution in [0.3, 0.4) is 0 Å². The highest BCUT2D eigenvalue weighted by Crippen LogP contribution is 2.11. The van der Waals surface area contributed by atoms with Gasteiger partial charge in [-0.05, 0) is 29.9 Å². The Kier molecular flexibility index (Phi) is 4.50. The van der Waals surface area contributed by atoms with Gasteiger partial charge >= 0.3 is 0 Å². The standard InChI is InChI=1S/C6H13ClOS/c1-5(2)4-6(3)9(7)8/h5-6H,4H2,1-3H3. The Bertz CT molecular complexity index is 103. The van der Waals surface area contributed by atoms with Gasteiger partial charge in [0, 0.05) is 5.25 Å². The highest BCUT2D eigenvalue weighted by molar-refractivity contribution is 8.08. The lowest BCUT2D eigenvalue weighted by molar-refractivity contribution is 0.574. The van der Waals surface area contributed by atoms with Gasteiger partial charge < -0.3 is 0 Å². The van der Waals surface area contributed by atoms with Crippen molar-refractivity contribution in [1.82, 2.24) is 0 Å². The van der Waals surface area contributed by atoms with Crippen molar-refractivity contribution in [2.24, 2.45) is 5.92 Å². The summed E-state index contributed by atoms with van der Waals surface area (Å²) in [6.07, 6.45) is 0.941. The minimum absolute atomic E-state index is 0.131. The largest absolute Gasteiger partial charge is 0.242 e. The highest BCUT2D eigenvalue weighted by atomic mass is 35.7. The summed E-state index contributed by atoms with van der Waals surface area (Å²) in [7, 11) is 4.19. The van der Waals surface area contributed by atoms with Gasteiger partial charge in [-0.15, -0.1) is 0 Å². The molecule has 0 aliphatic carbocycles. The molecule has 2 unspecified atom stereocenters. The third kappa shape index (κ3) is 4.91. The molecule has 0 bridgehead atoms. The molecule has 0 aliphatic heterocycles. The third-order valence-electron chi connectivity index (χ3n) is 1.12. The second-order valence-electron chi connectivity index (χ2n) is 2.69. The molecule has 0 aliphatic rings. The fraction of sp³-hybridized carbons (Fsp3) is 1.00. The van der Waals surface area contributed by atoms with Crippen molar-refractivity contribution in [3.05, 3.63) is 0 Å². The summed E-state index contributed by atoms with van der Waals surface area (Å²) in [4.78, 5) is 0. The Hall–Kier alpha value is 0.440. The van der Waals surface area contributed by atoms with E-state index in [4.69, 9.17) is 10.7 Å². The fourth-order valence-electron chi connectivity index (χ4n) is 0.740. The van der Waals surface area contributed by atoms with Crippen molar-refractivity contribution < 1.29 is 4.21 Å². The summed E-state index contributed by atoms with van der Waals surface area (Å²) in [5.74, 6) is 0.586. The Morgan fingerprint density at radius 3 is 2.00 bits per heavy atom. The van der Waals surface area contributed by atoms with Gasteiger partial charge in [0.15, 0.2) is 0 Å². The number of hydrogen-bond acceptors (Lipinski definition) is 1. The first-order valence-corrected chi connectivity index (χ1v) is 5.14. The quantitative estimate of drug-likeness (QED) is 0.592. The van der Waals surface area contributed by atoms with Crippen molar-refractivity contribution in [1.29, 1.82) is 0 Å².